The molecule has 0 spiro atoms. The van der Waals surface area contributed by atoms with Crippen molar-refractivity contribution in [2.45, 2.75) is 29.6 Å². The summed E-state index contributed by atoms with van der Waals surface area (Å²) in [5.41, 5.74) is 0. The van der Waals surface area contributed by atoms with Crippen molar-refractivity contribution in [3.63, 3.8) is 0 Å². The van der Waals surface area contributed by atoms with Crippen LogP contribution in [0.4, 0.5) is 0 Å². The number of sulfone groups is 1. The highest BCUT2D eigenvalue weighted by atomic mass is 32.2. The lowest BCUT2D eigenvalue weighted by Crippen LogP contribution is -2.01. The number of hydrogen-bond donors (Lipinski definition) is 0. The van der Waals surface area contributed by atoms with E-state index in [1.54, 1.807) is 24.3 Å². The van der Waals surface area contributed by atoms with E-state index < -0.39 is 9.84 Å². The second kappa shape index (κ2) is 8.15. The Kier molecular flexibility index (Phi) is 5.65. The molecule has 27 heavy (non-hydrogen) atoms. The number of nitrogens with zero attached hydrogens (tertiary/aromatic N) is 2. The molecule has 2 heterocycles. The molecule has 0 bridgehead atoms. The van der Waals surface area contributed by atoms with Gasteiger partial charge in [-0.1, -0.05) is 23.5 Å². The molecular formula is C18H12N2O2S5. The zero-order valence-corrected chi connectivity index (χ0v) is 17.8. The summed E-state index contributed by atoms with van der Waals surface area (Å²) < 4.78 is 34.2. The molecule has 2 aromatic carbocycles. The molecule has 4 rings (SSSR count). The minimum Gasteiger partial charge on any atom is -0.219 e. The molecule has 4 nitrogen and oxygen atoms in total. The largest absolute Gasteiger partial charge is 0.219 e. The molecule has 0 aliphatic carbocycles. The third-order valence-electron chi connectivity index (χ3n) is 3.54. The van der Waals surface area contributed by atoms with Crippen LogP contribution in [0, 0.1) is 0 Å². The van der Waals surface area contributed by atoms with Crippen LogP contribution in [0.2, 0.25) is 0 Å². The lowest BCUT2D eigenvalue weighted by atomic mass is 10.4. The van der Waals surface area contributed by atoms with Gasteiger partial charge in [0.1, 0.15) is 10.1 Å². The Morgan fingerprint density at radius 2 is 1.04 bits per heavy atom. The first-order valence-corrected chi connectivity index (χ1v) is 12.5. The van der Waals surface area contributed by atoms with Gasteiger partial charge < -0.3 is 0 Å². The van der Waals surface area contributed by atoms with Crippen molar-refractivity contribution in [1.29, 1.82) is 0 Å². The quantitative estimate of drug-likeness (QED) is 0.375. The summed E-state index contributed by atoms with van der Waals surface area (Å²) in [6, 6.07) is 17.7. The average Bonchev–Trinajstić information content (AvgIpc) is 3.37. The van der Waals surface area contributed by atoms with Crippen molar-refractivity contribution in [3.05, 3.63) is 71.4 Å². The van der Waals surface area contributed by atoms with Crippen LogP contribution in [0.5, 0.6) is 0 Å². The van der Waals surface area contributed by atoms with Gasteiger partial charge in [0.05, 0.1) is 9.79 Å². The highest BCUT2D eigenvalue weighted by Gasteiger charge is 2.17. The van der Waals surface area contributed by atoms with Gasteiger partial charge in [-0.15, -0.1) is 0 Å². The zero-order chi connectivity index (χ0) is 18.7. The Bertz CT molecular complexity index is 1020. The molecule has 0 aliphatic rings. The molecule has 0 saturated carbocycles. The highest BCUT2D eigenvalue weighted by molar-refractivity contribution is 7.99. The molecule has 0 saturated heterocycles. The highest BCUT2D eigenvalue weighted by Crippen LogP contribution is 2.31. The van der Waals surface area contributed by atoms with Crippen molar-refractivity contribution < 1.29 is 8.42 Å². The van der Waals surface area contributed by atoms with Crippen LogP contribution in [0.25, 0.3) is 0 Å². The minimum absolute atomic E-state index is 0.282. The van der Waals surface area contributed by atoms with Gasteiger partial charge in [-0.05, 0) is 83.7 Å². The number of rotatable bonds is 6. The van der Waals surface area contributed by atoms with Crippen molar-refractivity contribution in [2.75, 3.05) is 0 Å². The first kappa shape index (κ1) is 18.7. The SMILES string of the molecule is O=S(=O)(c1ccc(Sc2ccsn2)cc1)c1ccc(Sc2ccsn2)cc1. The van der Waals surface area contributed by atoms with Crippen molar-refractivity contribution in [2.24, 2.45) is 0 Å². The van der Waals surface area contributed by atoms with Crippen LogP contribution in [-0.2, 0) is 9.84 Å². The van der Waals surface area contributed by atoms with Crippen LogP contribution in [0.15, 0.2) is 101 Å². The Morgan fingerprint density at radius 3 is 1.37 bits per heavy atom. The van der Waals surface area contributed by atoms with Gasteiger partial charge in [-0.3, -0.25) is 0 Å². The molecule has 0 amide bonds. The number of aromatic nitrogens is 2. The van der Waals surface area contributed by atoms with E-state index in [1.807, 2.05) is 47.2 Å². The molecule has 0 N–H and O–H groups in total. The Hall–Kier alpha value is -1.65. The summed E-state index contributed by atoms with van der Waals surface area (Å²) in [5.74, 6) is 0. The fraction of sp³-hybridized carbons (Fsp3) is 0. The standard InChI is InChI=1S/C18H12N2O2S5/c21-27(22,15-5-1-13(2-6-15)25-17-9-11-23-19-17)16-7-3-14(4-8-16)26-18-10-12-24-20-18/h1-12H. The van der Waals surface area contributed by atoms with Crippen LogP contribution in [-0.4, -0.2) is 17.2 Å². The lowest BCUT2D eigenvalue weighted by Gasteiger charge is -2.07. The van der Waals surface area contributed by atoms with E-state index in [1.165, 1.54) is 46.6 Å². The Labute approximate surface area is 173 Å². The number of benzene rings is 2. The van der Waals surface area contributed by atoms with Crippen LogP contribution >= 0.6 is 46.6 Å². The summed E-state index contributed by atoms with van der Waals surface area (Å²) in [4.78, 5) is 2.47. The van der Waals surface area contributed by atoms with Crippen LogP contribution < -0.4 is 0 Å². The van der Waals surface area contributed by atoms with Gasteiger partial charge in [-0.25, -0.2) is 8.42 Å². The van der Waals surface area contributed by atoms with E-state index in [2.05, 4.69) is 8.75 Å². The van der Waals surface area contributed by atoms with E-state index in [-0.39, 0.29) is 9.79 Å². The predicted molar refractivity (Wildman–Crippen MR) is 111 cm³/mol. The van der Waals surface area contributed by atoms with E-state index >= 15 is 0 Å². The van der Waals surface area contributed by atoms with Gasteiger partial charge in [0.25, 0.3) is 0 Å². The maximum Gasteiger partial charge on any atom is 0.206 e. The van der Waals surface area contributed by atoms with Gasteiger partial charge in [-0.2, -0.15) is 8.75 Å². The van der Waals surface area contributed by atoms with E-state index in [9.17, 15) is 8.42 Å². The van der Waals surface area contributed by atoms with E-state index in [0.29, 0.717) is 0 Å². The summed E-state index contributed by atoms with van der Waals surface area (Å²) in [5, 5.41) is 5.64. The van der Waals surface area contributed by atoms with Crippen molar-refractivity contribution in [1.82, 2.24) is 8.75 Å². The molecule has 9 heteroatoms. The third-order valence-corrected chi connectivity index (χ3v) is 8.57. The van der Waals surface area contributed by atoms with Gasteiger partial charge in [0.2, 0.25) is 9.84 Å². The van der Waals surface area contributed by atoms with E-state index in [0.717, 1.165) is 19.8 Å². The van der Waals surface area contributed by atoms with Crippen LogP contribution in [0.3, 0.4) is 0 Å². The van der Waals surface area contributed by atoms with Crippen molar-refractivity contribution >= 4 is 56.4 Å². The molecule has 0 fully saturated rings. The second-order valence-corrected chi connectivity index (χ2v) is 10.8. The minimum atomic E-state index is -3.54. The molecule has 0 radical (unpaired) electrons. The molecule has 136 valence electrons. The van der Waals surface area contributed by atoms with Gasteiger partial charge in [0.15, 0.2) is 0 Å². The Balaban J connectivity index is 1.52. The molecule has 0 atom stereocenters. The topological polar surface area (TPSA) is 59.9 Å². The summed E-state index contributed by atoms with van der Waals surface area (Å²) in [6.07, 6.45) is 0. The first-order chi connectivity index (χ1) is 13.1. The maximum absolute atomic E-state index is 12.9. The van der Waals surface area contributed by atoms with Crippen LogP contribution in [0.1, 0.15) is 0 Å². The zero-order valence-electron chi connectivity index (χ0n) is 13.7. The van der Waals surface area contributed by atoms with Gasteiger partial charge >= 0.3 is 0 Å². The predicted octanol–water partition coefficient (Wildman–Crippen LogP) is 5.73. The fourth-order valence-electron chi connectivity index (χ4n) is 2.26. The normalized spacial score (nSPS) is 11.6. The summed E-state index contributed by atoms with van der Waals surface area (Å²) in [7, 11) is -3.54. The molecular weight excluding hydrogens is 437 g/mol. The fourth-order valence-corrected chi connectivity index (χ4v) is 6.38. The first-order valence-electron chi connectivity index (χ1n) is 7.73. The smallest absolute Gasteiger partial charge is 0.206 e. The summed E-state index contributed by atoms with van der Waals surface area (Å²) >= 11 is 5.81. The van der Waals surface area contributed by atoms with Crippen molar-refractivity contribution in [3.8, 4) is 0 Å². The number of hydrogen-bond acceptors (Lipinski definition) is 8. The monoisotopic (exact) mass is 448 g/mol. The molecule has 0 unspecified atom stereocenters. The van der Waals surface area contributed by atoms with E-state index in [4.69, 9.17) is 0 Å². The molecule has 0 aliphatic heterocycles. The molecule has 4 aromatic rings. The third kappa shape index (κ3) is 4.44. The van der Waals surface area contributed by atoms with Gasteiger partial charge in [0, 0.05) is 20.6 Å². The average molecular weight is 449 g/mol. The second-order valence-electron chi connectivity index (χ2n) is 5.33. The lowest BCUT2D eigenvalue weighted by molar-refractivity contribution is 0.596. The summed E-state index contributed by atoms with van der Waals surface area (Å²) in [6.45, 7) is 0. The molecule has 2 aromatic heterocycles. The Morgan fingerprint density at radius 1 is 0.630 bits per heavy atom. The maximum atomic E-state index is 12.9.